The quantitative estimate of drug-likeness (QED) is 0.415. The Labute approximate surface area is 205 Å². The summed E-state index contributed by atoms with van der Waals surface area (Å²) in [6, 6.07) is 25.6. The number of hydrogen-bond acceptors (Lipinski definition) is 5. The number of rotatable bonds is 8. The third-order valence-electron chi connectivity index (χ3n) is 6.48. The van der Waals surface area contributed by atoms with E-state index in [1.807, 2.05) is 77.4 Å². The van der Waals surface area contributed by atoms with Gasteiger partial charge in [0.15, 0.2) is 0 Å². The second-order valence-electron chi connectivity index (χ2n) is 8.69. The van der Waals surface area contributed by atoms with Crippen LogP contribution in [-0.2, 0) is 17.9 Å². The molecule has 0 atom stereocenters. The molecule has 0 radical (unpaired) electrons. The minimum absolute atomic E-state index is 0.0891. The monoisotopic (exact) mass is 469 g/mol. The number of likely N-dealkylation sites (N-methyl/N-ethyl adjacent to an activating group) is 1. The van der Waals surface area contributed by atoms with Crippen molar-refractivity contribution in [1.29, 1.82) is 0 Å². The molecule has 1 aromatic heterocycles. The Kier molecular flexibility index (Phi) is 6.95. The number of nitrogens with one attached hydrogen (secondary N) is 1. The van der Waals surface area contributed by atoms with Crippen molar-refractivity contribution in [3.05, 3.63) is 84.7 Å². The zero-order valence-electron chi connectivity index (χ0n) is 20.1. The zero-order valence-corrected chi connectivity index (χ0v) is 20.1. The van der Waals surface area contributed by atoms with Crippen LogP contribution >= 0.6 is 0 Å². The summed E-state index contributed by atoms with van der Waals surface area (Å²) in [5.41, 5.74) is 3.67. The SMILES string of the molecule is CCN1CCN(c2ccccc2NC(=O)Cn2c(COc3ccccc3)nc3ccccc32)CC1. The van der Waals surface area contributed by atoms with E-state index >= 15 is 0 Å². The van der Waals surface area contributed by atoms with Crippen LogP contribution in [0.3, 0.4) is 0 Å². The topological polar surface area (TPSA) is 62.6 Å². The van der Waals surface area contributed by atoms with Crippen molar-refractivity contribution in [2.45, 2.75) is 20.1 Å². The number of amides is 1. The van der Waals surface area contributed by atoms with E-state index < -0.39 is 0 Å². The van der Waals surface area contributed by atoms with E-state index in [0.29, 0.717) is 5.82 Å². The third-order valence-corrected chi connectivity index (χ3v) is 6.48. The Morgan fingerprint density at radius 3 is 2.43 bits per heavy atom. The number of carbonyl (C=O) groups is 1. The second-order valence-corrected chi connectivity index (χ2v) is 8.69. The summed E-state index contributed by atoms with van der Waals surface area (Å²) in [4.78, 5) is 22.8. The van der Waals surface area contributed by atoms with Gasteiger partial charge in [0.05, 0.1) is 22.4 Å². The van der Waals surface area contributed by atoms with Gasteiger partial charge in [-0.15, -0.1) is 0 Å². The molecule has 7 heteroatoms. The van der Waals surface area contributed by atoms with Gasteiger partial charge in [0, 0.05) is 26.2 Å². The Bertz CT molecular complexity index is 1280. The number of ether oxygens (including phenoxy) is 1. The average molecular weight is 470 g/mol. The molecule has 0 bridgehead atoms. The van der Waals surface area contributed by atoms with Crippen LogP contribution in [0.25, 0.3) is 11.0 Å². The minimum Gasteiger partial charge on any atom is -0.486 e. The van der Waals surface area contributed by atoms with Crippen LogP contribution in [0.15, 0.2) is 78.9 Å². The van der Waals surface area contributed by atoms with Crippen molar-refractivity contribution in [3.63, 3.8) is 0 Å². The lowest BCUT2D eigenvalue weighted by Crippen LogP contribution is -2.46. The minimum atomic E-state index is -0.0891. The van der Waals surface area contributed by atoms with Crippen molar-refractivity contribution >= 4 is 28.3 Å². The summed E-state index contributed by atoms with van der Waals surface area (Å²) in [5.74, 6) is 1.40. The number of piperazine rings is 1. The fraction of sp³-hybridized carbons (Fsp3) is 0.286. The van der Waals surface area contributed by atoms with Gasteiger partial charge in [-0.1, -0.05) is 49.4 Å². The zero-order chi connectivity index (χ0) is 24.0. The number of imidazole rings is 1. The standard InChI is InChI=1S/C28H31N5O2/c1-2-31-16-18-32(19-17-31)25-14-8-6-12-23(25)30-28(34)20-33-26-15-9-7-13-24(26)29-27(33)21-35-22-10-4-3-5-11-22/h3-15H,2,16-21H2,1H3,(H,30,34). The van der Waals surface area contributed by atoms with Crippen LogP contribution in [-0.4, -0.2) is 53.1 Å². The molecular weight excluding hydrogens is 438 g/mol. The number of carbonyl (C=O) groups excluding carboxylic acids is 1. The van der Waals surface area contributed by atoms with Crippen LogP contribution in [0, 0.1) is 0 Å². The molecule has 1 N–H and O–H groups in total. The number of fused-ring (bicyclic) bond motifs is 1. The first-order valence-corrected chi connectivity index (χ1v) is 12.2. The van der Waals surface area contributed by atoms with Gasteiger partial charge in [0.1, 0.15) is 24.7 Å². The fourth-order valence-corrected chi connectivity index (χ4v) is 4.57. The Morgan fingerprint density at radius 1 is 0.914 bits per heavy atom. The highest BCUT2D eigenvalue weighted by Crippen LogP contribution is 2.27. The molecule has 1 saturated heterocycles. The summed E-state index contributed by atoms with van der Waals surface area (Å²) in [5, 5.41) is 3.15. The molecule has 5 rings (SSSR count). The molecule has 0 saturated carbocycles. The number of nitrogens with zero attached hydrogens (tertiary/aromatic N) is 4. The van der Waals surface area contributed by atoms with Gasteiger partial charge in [0.2, 0.25) is 5.91 Å². The highest BCUT2D eigenvalue weighted by Gasteiger charge is 2.20. The second kappa shape index (κ2) is 10.6. The van der Waals surface area contributed by atoms with E-state index in [-0.39, 0.29) is 19.1 Å². The van der Waals surface area contributed by atoms with Crippen molar-refractivity contribution in [3.8, 4) is 5.75 Å². The molecule has 180 valence electrons. The van der Waals surface area contributed by atoms with E-state index in [1.165, 1.54) is 0 Å². The van der Waals surface area contributed by atoms with Gasteiger partial charge >= 0.3 is 0 Å². The first-order valence-electron chi connectivity index (χ1n) is 12.2. The molecule has 3 aromatic carbocycles. The lowest BCUT2D eigenvalue weighted by molar-refractivity contribution is -0.116. The normalized spacial score (nSPS) is 14.3. The Morgan fingerprint density at radius 2 is 1.63 bits per heavy atom. The van der Waals surface area contributed by atoms with Gasteiger partial charge in [-0.25, -0.2) is 4.98 Å². The van der Waals surface area contributed by atoms with Crippen molar-refractivity contribution < 1.29 is 9.53 Å². The summed E-state index contributed by atoms with van der Waals surface area (Å²) < 4.78 is 7.89. The highest BCUT2D eigenvalue weighted by atomic mass is 16.5. The highest BCUT2D eigenvalue weighted by molar-refractivity contribution is 5.95. The number of anilines is 2. The summed E-state index contributed by atoms with van der Waals surface area (Å²) >= 11 is 0. The molecule has 0 aliphatic carbocycles. The predicted octanol–water partition coefficient (Wildman–Crippen LogP) is 4.40. The molecule has 35 heavy (non-hydrogen) atoms. The molecule has 1 amide bonds. The van der Waals surface area contributed by atoms with Gasteiger partial charge in [-0.3, -0.25) is 4.79 Å². The smallest absolute Gasteiger partial charge is 0.244 e. The summed E-state index contributed by atoms with van der Waals surface area (Å²) in [6.07, 6.45) is 0. The Balaban J connectivity index is 1.33. The van der Waals surface area contributed by atoms with Gasteiger partial charge in [0.25, 0.3) is 0 Å². The molecule has 0 spiro atoms. The maximum atomic E-state index is 13.3. The largest absolute Gasteiger partial charge is 0.486 e. The molecule has 1 aliphatic rings. The van der Waals surface area contributed by atoms with Gasteiger partial charge in [-0.2, -0.15) is 0 Å². The number of aromatic nitrogens is 2. The molecule has 0 unspecified atom stereocenters. The maximum absolute atomic E-state index is 13.3. The first-order chi connectivity index (χ1) is 17.2. The average Bonchev–Trinajstić information content (AvgIpc) is 3.25. The number of para-hydroxylation sites is 5. The Hall–Kier alpha value is -3.84. The lowest BCUT2D eigenvalue weighted by atomic mass is 10.2. The van der Waals surface area contributed by atoms with Crippen LogP contribution in [0.1, 0.15) is 12.7 Å². The molecule has 2 heterocycles. The van der Waals surface area contributed by atoms with Gasteiger partial charge in [-0.05, 0) is 42.9 Å². The van der Waals surface area contributed by atoms with E-state index in [1.54, 1.807) is 0 Å². The first kappa shape index (κ1) is 22.9. The van der Waals surface area contributed by atoms with E-state index in [9.17, 15) is 4.79 Å². The predicted molar refractivity (Wildman–Crippen MR) is 140 cm³/mol. The van der Waals surface area contributed by atoms with Crippen molar-refractivity contribution in [1.82, 2.24) is 14.5 Å². The lowest BCUT2D eigenvalue weighted by Gasteiger charge is -2.36. The molecule has 4 aromatic rings. The number of hydrogen-bond donors (Lipinski definition) is 1. The maximum Gasteiger partial charge on any atom is 0.244 e. The van der Waals surface area contributed by atoms with Crippen LogP contribution < -0.4 is 15.0 Å². The van der Waals surface area contributed by atoms with Gasteiger partial charge < -0.3 is 24.4 Å². The fourth-order valence-electron chi connectivity index (χ4n) is 4.57. The molecule has 7 nitrogen and oxygen atoms in total. The van der Waals surface area contributed by atoms with Crippen LogP contribution in [0.2, 0.25) is 0 Å². The molecule has 1 aliphatic heterocycles. The van der Waals surface area contributed by atoms with Crippen molar-refractivity contribution in [2.75, 3.05) is 42.9 Å². The summed E-state index contributed by atoms with van der Waals surface area (Å²) in [6.45, 7) is 7.68. The van der Waals surface area contributed by atoms with E-state index in [0.717, 1.165) is 60.9 Å². The van der Waals surface area contributed by atoms with Crippen LogP contribution in [0.5, 0.6) is 5.75 Å². The summed E-state index contributed by atoms with van der Waals surface area (Å²) in [7, 11) is 0. The third kappa shape index (κ3) is 5.30. The molecule has 1 fully saturated rings. The molecular formula is C28H31N5O2. The van der Waals surface area contributed by atoms with Crippen LogP contribution in [0.4, 0.5) is 11.4 Å². The van der Waals surface area contributed by atoms with Crippen molar-refractivity contribution in [2.24, 2.45) is 0 Å². The van der Waals surface area contributed by atoms with E-state index in [4.69, 9.17) is 9.72 Å². The van der Waals surface area contributed by atoms with E-state index in [2.05, 4.69) is 28.1 Å². The number of benzene rings is 3.